The smallest absolute Gasteiger partial charge is 0.410 e. The van der Waals surface area contributed by atoms with Crippen LogP contribution in [0.1, 0.15) is 44.2 Å². The zero-order valence-corrected chi connectivity index (χ0v) is 22.7. The predicted molar refractivity (Wildman–Crippen MR) is 142 cm³/mol. The van der Waals surface area contributed by atoms with Crippen molar-refractivity contribution in [3.05, 3.63) is 35.5 Å². The number of carbonyl (C=O) groups excluding carboxylic acids is 1. The van der Waals surface area contributed by atoms with Crippen LogP contribution in [0.15, 0.2) is 24.4 Å². The van der Waals surface area contributed by atoms with Gasteiger partial charge < -0.3 is 29.1 Å². The quantitative estimate of drug-likeness (QED) is 0.550. The van der Waals surface area contributed by atoms with E-state index in [9.17, 15) is 9.90 Å². The first kappa shape index (κ1) is 26.2. The molecule has 2 aromatic heterocycles. The van der Waals surface area contributed by atoms with Crippen molar-refractivity contribution in [3.8, 4) is 11.8 Å². The third-order valence-corrected chi connectivity index (χ3v) is 7.00. The number of ether oxygens (including phenoxy) is 3. The molecule has 38 heavy (non-hydrogen) atoms. The molecule has 0 aliphatic carbocycles. The molecule has 3 aromatic rings. The lowest BCUT2D eigenvalue weighted by Gasteiger charge is -2.37. The van der Waals surface area contributed by atoms with E-state index in [1.165, 1.54) is 0 Å². The largest absolute Gasteiger partial charge is 0.467 e. The van der Waals surface area contributed by atoms with Gasteiger partial charge in [-0.3, -0.25) is 0 Å². The van der Waals surface area contributed by atoms with Crippen molar-refractivity contribution in [1.29, 1.82) is 0 Å². The molecule has 1 amide bonds. The second-order valence-electron chi connectivity index (χ2n) is 10.9. The summed E-state index contributed by atoms with van der Waals surface area (Å²) in [5.74, 6) is 1.24. The molecule has 2 aliphatic rings. The van der Waals surface area contributed by atoms with Crippen LogP contribution >= 0.6 is 0 Å². The second kappa shape index (κ2) is 10.4. The maximum atomic E-state index is 12.6. The molecule has 2 saturated heterocycles. The normalized spacial score (nSPS) is 20.6. The number of amides is 1. The SMILES string of the molecule is COc1nc(N2CCOCC2)cc(-n2ncc3cc(C)c(C4CCN(C(=O)OC(C)(C)C)CC4O)cc32)n1. The number of carbonyl (C=O) groups is 1. The van der Waals surface area contributed by atoms with Crippen molar-refractivity contribution in [2.45, 2.75) is 51.7 Å². The number of fused-ring (bicyclic) bond motifs is 1. The fourth-order valence-electron chi connectivity index (χ4n) is 5.13. The first-order chi connectivity index (χ1) is 18.1. The third kappa shape index (κ3) is 5.39. The highest BCUT2D eigenvalue weighted by atomic mass is 16.6. The van der Waals surface area contributed by atoms with Gasteiger partial charge in [-0.05, 0) is 57.4 Å². The van der Waals surface area contributed by atoms with Gasteiger partial charge in [0.05, 0.1) is 44.7 Å². The van der Waals surface area contributed by atoms with Gasteiger partial charge in [0.1, 0.15) is 11.4 Å². The zero-order chi connectivity index (χ0) is 27.0. The Bertz CT molecular complexity index is 1310. The van der Waals surface area contributed by atoms with Crippen molar-refractivity contribution in [2.24, 2.45) is 0 Å². The lowest BCUT2D eigenvalue weighted by molar-refractivity contribution is -0.00155. The van der Waals surface area contributed by atoms with Gasteiger partial charge in [-0.15, -0.1) is 0 Å². The van der Waals surface area contributed by atoms with Crippen LogP contribution in [-0.2, 0) is 9.47 Å². The fraction of sp³-hybridized carbons (Fsp3) is 0.556. The minimum Gasteiger partial charge on any atom is -0.467 e. The molecule has 11 heteroatoms. The van der Waals surface area contributed by atoms with E-state index >= 15 is 0 Å². The molecule has 204 valence electrons. The van der Waals surface area contributed by atoms with Crippen LogP contribution in [-0.4, -0.2) is 94.1 Å². The van der Waals surface area contributed by atoms with Gasteiger partial charge in [0.2, 0.25) is 0 Å². The van der Waals surface area contributed by atoms with Crippen molar-refractivity contribution < 1.29 is 24.1 Å². The van der Waals surface area contributed by atoms with Gasteiger partial charge in [0, 0.05) is 37.0 Å². The maximum Gasteiger partial charge on any atom is 0.410 e. The molecule has 5 rings (SSSR count). The van der Waals surface area contributed by atoms with E-state index in [2.05, 4.69) is 32.1 Å². The number of piperidine rings is 1. The number of benzene rings is 1. The molecule has 0 radical (unpaired) electrons. The van der Waals surface area contributed by atoms with E-state index in [-0.39, 0.29) is 18.5 Å². The molecular formula is C27H36N6O5. The molecule has 2 unspecified atom stereocenters. The number of aryl methyl sites for hydroxylation is 1. The number of anilines is 1. The van der Waals surface area contributed by atoms with E-state index in [4.69, 9.17) is 14.2 Å². The number of morpholine rings is 1. The molecule has 0 bridgehead atoms. The van der Waals surface area contributed by atoms with Crippen LogP contribution in [0.2, 0.25) is 0 Å². The third-order valence-electron chi connectivity index (χ3n) is 7.00. The minimum atomic E-state index is -0.712. The fourth-order valence-corrected chi connectivity index (χ4v) is 5.13. The number of β-amino-alcohol motifs (C(OH)–C–C–N with tert-alkyl or cyclic N) is 1. The molecule has 4 heterocycles. The Morgan fingerprint density at radius 1 is 1.11 bits per heavy atom. The number of nitrogens with zero attached hydrogens (tertiary/aromatic N) is 6. The molecular weight excluding hydrogens is 488 g/mol. The summed E-state index contributed by atoms with van der Waals surface area (Å²) < 4.78 is 18.2. The Hall–Kier alpha value is -3.44. The van der Waals surface area contributed by atoms with Gasteiger partial charge in [0.15, 0.2) is 5.82 Å². The summed E-state index contributed by atoms with van der Waals surface area (Å²) >= 11 is 0. The summed E-state index contributed by atoms with van der Waals surface area (Å²) in [4.78, 5) is 25.4. The Kier molecular flexibility index (Phi) is 7.15. The van der Waals surface area contributed by atoms with Crippen molar-refractivity contribution in [2.75, 3.05) is 51.4 Å². The number of hydrogen-bond donors (Lipinski definition) is 1. The predicted octanol–water partition coefficient (Wildman–Crippen LogP) is 3.05. The number of aromatic nitrogens is 4. The first-order valence-electron chi connectivity index (χ1n) is 13.0. The molecule has 2 fully saturated rings. The average molecular weight is 525 g/mol. The Labute approximate surface area is 222 Å². The van der Waals surface area contributed by atoms with Crippen LogP contribution in [0.4, 0.5) is 10.6 Å². The van der Waals surface area contributed by atoms with E-state index in [0.717, 1.165) is 40.9 Å². The van der Waals surface area contributed by atoms with Crippen LogP contribution in [0.3, 0.4) is 0 Å². The molecule has 2 atom stereocenters. The number of rotatable bonds is 4. The van der Waals surface area contributed by atoms with Crippen LogP contribution in [0.25, 0.3) is 16.7 Å². The average Bonchev–Trinajstić information content (AvgIpc) is 3.30. The maximum absolute atomic E-state index is 12.6. The van der Waals surface area contributed by atoms with Gasteiger partial charge >= 0.3 is 12.1 Å². The molecule has 0 spiro atoms. The summed E-state index contributed by atoms with van der Waals surface area (Å²) in [6, 6.07) is 6.35. The van der Waals surface area contributed by atoms with E-state index < -0.39 is 17.8 Å². The Morgan fingerprint density at radius 2 is 1.84 bits per heavy atom. The molecule has 2 aliphatic heterocycles. The topological polar surface area (TPSA) is 115 Å². The van der Waals surface area contributed by atoms with Crippen molar-refractivity contribution in [3.63, 3.8) is 0 Å². The summed E-state index contributed by atoms with van der Waals surface area (Å²) in [5.41, 5.74) is 2.40. The number of aliphatic hydroxyl groups is 1. The highest BCUT2D eigenvalue weighted by Crippen LogP contribution is 2.34. The van der Waals surface area contributed by atoms with E-state index in [0.29, 0.717) is 32.0 Å². The van der Waals surface area contributed by atoms with Gasteiger partial charge in [-0.2, -0.15) is 15.1 Å². The summed E-state index contributed by atoms with van der Waals surface area (Å²) in [5, 5.41) is 16.7. The highest BCUT2D eigenvalue weighted by Gasteiger charge is 2.34. The summed E-state index contributed by atoms with van der Waals surface area (Å²) in [6.45, 7) is 11.1. The van der Waals surface area contributed by atoms with Crippen LogP contribution in [0.5, 0.6) is 6.01 Å². The number of hydrogen-bond acceptors (Lipinski definition) is 9. The lowest BCUT2D eigenvalue weighted by atomic mass is 9.84. The molecule has 1 N–H and O–H groups in total. The number of methoxy groups -OCH3 is 1. The van der Waals surface area contributed by atoms with Crippen molar-refractivity contribution >= 4 is 22.8 Å². The van der Waals surface area contributed by atoms with Crippen LogP contribution in [0, 0.1) is 6.92 Å². The molecule has 0 saturated carbocycles. The van der Waals surface area contributed by atoms with E-state index in [1.54, 1.807) is 16.7 Å². The van der Waals surface area contributed by atoms with Crippen LogP contribution < -0.4 is 9.64 Å². The lowest BCUT2D eigenvalue weighted by Crippen LogP contribution is -2.47. The highest BCUT2D eigenvalue weighted by molar-refractivity contribution is 5.82. The minimum absolute atomic E-state index is 0.120. The number of aliphatic hydroxyl groups excluding tert-OH is 1. The monoisotopic (exact) mass is 524 g/mol. The van der Waals surface area contributed by atoms with E-state index in [1.807, 2.05) is 40.0 Å². The Balaban J connectivity index is 1.45. The van der Waals surface area contributed by atoms with Crippen molar-refractivity contribution in [1.82, 2.24) is 24.6 Å². The molecule has 11 nitrogen and oxygen atoms in total. The first-order valence-corrected chi connectivity index (χ1v) is 13.0. The Morgan fingerprint density at radius 3 is 2.53 bits per heavy atom. The van der Waals surface area contributed by atoms with Gasteiger partial charge in [-0.25, -0.2) is 9.48 Å². The second-order valence-corrected chi connectivity index (χ2v) is 10.9. The van der Waals surface area contributed by atoms with Gasteiger partial charge in [-0.1, -0.05) is 0 Å². The summed E-state index contributed by atoms with van der Waals surface area (Å²) in [7, 11) is 1.55. The standard InChI is InChI=1S/C27H36N6O5/c1-17-12-18-15-28-33(24-14-23(29-25(30-24)36-5)31-8-10-37-11-9-31)21(18)13-20(17)19-6-7-32(16-22(19)34)26(35)38-27(2,3)4/h12-15,19,22,34H,6-11,16H2,1-5H3. The zero-order valence-electron chi connectivity index (χ0n) is 22.7. The number of likely N-dealkylation sites (tertiary alicyclic amines) is 1. The molecule has 1 aromatic carbocycles. The summed E-state index contributed by atoms with van der Waals surface area (Å²) in [6.07, 6.45) is 1.34. The van der Waals surface area contributed by atoms with Gasteiger partial charge in [0.25, 0.3) is 0 Å².